The summed E-state index contributed by atoms with van der Waals surface area (Å²) in [5.41, 5.74) is 1.78. The van der Waals surface area contributed by atoms with Crippen molar-refractivity contribution < 1.29 is 19.4 Å². The molecule has 1 aliphatic carbocycles. The number of hydrogen-bond acceptors (Lipinski definition) is 6. The Morgan fingerprint density at radius 1 is 1.27 bits per heavy atom. The van der Waals surface area contributed by atoms with Crippen molar-refractivity contribution in [2.75, 3.05) is 12.0 Å². The summed E-state index contributed by atoms with van der Waals surface area (Å²) in [4.78, 5) is 30.7. The van der Waals surface area contributed by atoms with Crippen molar-refractivity contribution in [3.8, 4) is 22.1 Å². The summed E-state index contributed by atoms with van der Waals surface area (Å²) < 4.78 is 8.75. The van der Waals surface area contributed by atoms with Crippen molar-refractivity contribution in [1.82, 2.24) is 9.78 Å². The molecule has 1 N–H and O–H groups in total. The fourth-order valence-electron chi connectivity index (χ4n) is 6.40. The SMILES string of the molecule is C=CC1=CC[C@H]2C(=O)N(c3cc(-c4sc5ccc(Cl)cc5c4C)nn3C)C(=O)[C@@]2(C)[C@H]1c1cc(Br)cc(OC)c1O. The molecule has 6 rings (SSSR count). The Morgan fingerprint density at radius 3 is 2.73 bits per heavy atom. The molecule has 0 bridgehead atoms. The predicted molar refractivity (Wildman–Crippen MR) is 166 cm³/mol. The smallest absolute Gasteiger partial charge is 0.242 e. The van der Waals surface area contributed by atoms with Crippen molar-refractivity contribution in [2.24, 2.45) is 18.4 Å². The van der Waals surface area contributed by atoms with Gasteiger partial charge in [0.15, 0.2) is 11.5 Å². The van der Waals surface area contributed by atoms with Gasteiger partial charge >= 0.3 is 0 Å². The van der Waals surface area contributed by atoms with Gasteiger partial charge in [-0.15, -0.1) is 11.3 Å². The maximum atomic E-state index is 14.5. The summed E-state index contributed by atoms with van der Waals surface area (Å²) in [5.74, 6) is -1.31. The molecule has 41 heavy (non-hydrogen) atoms. The molecule has 3 heterocycles. The van der Waals surface area contributed by atoms with E-state index in [4.69, 9.17) is 21.4 Å². The Balaban J connectivity index is 1.47. The topological polar surface area (TPSA) is 84.7 Å². The largest absolute Gasteiger partial charge is 0.504 e. The molecule has 0 saturated carbocycles. The highest BCUT2D eigenvalue weighted by molar-refractivity contribution is 9.10. The first-order valence-electron chi connectivity index (χ1n) is 13.0. The Hall–Kier alpha value is -3.40. The van der Waals surface area contributed by atoms with Crippen LogP contribution in [-0.4, -0.2) is 33.8 Å². The maximum Gasteiger partial charge on any atom is 0.242 e. The molecule has 2 aromatic heterocycles. The average Bonchev–Trinajstić information content (AvgIpc) is 3.54. The lowest BCUT2D eigenvalue weighted by Gasteiger charge is -2.40. The fourth-order valence-corrected chi connectivity index (χ4v) is 8.17. The summed E-state index contributed by atoms with van der Waals surface area (Å²) in [6.07, 6.45) is 4.01. The van der Waals surface area contributed by atoms with Crippen LogP contribution in [0.4, 0.5) is 5.82 Å². The fraction of sp³-hybridized carbons (Fsp3) is 0.258. The molecule has 2 aromatic carbocycles. The number of carbonyl (C=O) groups is 2. The molecular weight excluding hydrogens is 626 g/mol. The highest BCUT2D eigenvalue weighted by Crippen LogP contribution is 2.59. The number of phenols is 1. The third-order valence-electron chi connectivity index (χ3n) is 8.48. The van der Waals surface area contributed by atoms with Crippen molar-refractivity contribution >= 4 is 66.6 Å². The summed E-state index contributed by atoms with van der Waals surface area (Å²) >= 11 is 11.3. The monoisotopic (exact) mass is 651 g/mol. The quantitative estimate of drug-likeness (QED) is 0.225. The average molecular weight is 653 g/mol. The number of methoxy groups -OCH3 is 1. The first kappa shape index (κ1) is 27.8. The predicted octanol–water partition coefficient (Wildman–Crippen LogP) is 7.54. The minimum atomic E-state index is -1.19. The van der Waals surface area contributed by atoms with E-state index in [-0.39, 0.29) is 23.3 Å². The number of aromatic hydroxyl groups is 1. The Morgan fingerprint density at radius 2 is 2.02 bits per heavy atom. The minimum absolute atomic E-state index is 0.0721. The van der Waals surface area contributed by atoms with Crippen LogP contribution in [0.25, 0.3) is 20.7 Å². The third kappa shape index (κ3) is 4.00. The van der Waals surface area contributed by atoms with Crippen LogP contribution in [-0.2, 0) is 16.6 Å². The molecule has 1 aliphatic heterocycles. The number of aromatic nitrogens is 2. The van der Waals surface area contributed by atoms with Gasteiger partial charge in [0.1, 0.15) is 11.5 Å². The lowest BCUT2D eigenvalue weighted by atomic mass is 9.60. The van der Waals surface area contributed by atoms with E-state index in [2.05, 4.69) is 22.5 Å². The van der Waals surface area contributed by atoms with Crippen molar-refractivity contribution in [3.05, 3.63) is 81.3 Å². The van der Waals surface area contributed by atoms with E-state index in [1.54, 1.807) is 47.3 Å². The number of amides is 2. The highest BCUT2D eigenvalue weighted by Gasteiger charge is 2.63. The van der Waals surface area contributed by atoms with Gasteiger partial charge in [-0.2, -0.15) is 5.10 Å². The number of aryl methyl sites for hydroxylation is 2. The number of anilines is 1. The lowest BCUT2D eigenvalue weighted by molar-refractivity contribution is -0.127. The molecular formula is C31H27BrClN3O4S. The summed E-state index contributed by atoms with van der Waals surface area (Å²) in [5, 5.41) is 17.6. The number of rotatable bonds is 5. The van der Waals surface area contributed by atoms with E-state index in [1.165, 1.54) is 12.0 Å². The van der Waals surface area contributed by atoms with Crippen LogP contribution in [0.5, 0.6) is 11.5 Å². The van der Waals surface area contributed by atoms with Gasteiger partial charge in [0.25, 0.3) is 0 Å². The van der Waals surface area contributed by atoms with Crippen molar-refractivity contribution in [1.29, 1.82) is 0 Å². The second kappa shape index (κ2) is 9.86. The number of benzene rings is 2. The zero-order valence-electron chi connectivity index (χ0n) is 22.9. The van der Waals surface area contributed by atoms with Gasteiger partial charge in [-0.3, -0.25) is 14.3 Å². The summed E-state index contributed by atoms with van der Waals surface area (Å²) in [6.45, 7) is 7.81. The standard InChI is InChI=1S/C31H27BrClN3O4S/c1-6-16-7-9-21-29(38)36(30(39)31(21,3)26(16)20-11-17(32)12-23(40-5)27(20)37)25-14-22(34-35(25)4)28-15(2)19-13-18(33)8-10-24(19)41-28/h6-8,10-14,21,26,37H,1,9H2,2-5H3/t21-,26+,31+/m0/s1. The normalized spacial score (nSPS) is 22.3. The van der Waals surface area contributed by atoms with Crippen LogP contribution in [0.2, 0.25) is 5.02 Å². The highest BCUT2D eigenvalue weighted by atomic mass is 79.9. The van der Waals surface area contributed by atoms with Gasteiger partial charge in [-0.05, 0) is 67.1 Å². The molecule has 1 fully saturated rings. The zero-order valence-corrected chi connectivity index (χ0v) is 26.0. The molecule has 0 unspecified atom stereocenters. The van der Waals surface area contributed by atoms with Crippen LogP contribution in [0.15, 0.2) is 65.2 Å². The Kier molecular flexibility index (Phi) is 6.67. The van der Waals surface area contributed by atoms with Gasteiger partial charge in [0.2, 0.25) is 11.8 Å². The summed E-state index contributed by atoms with van der Waals surface area (Å²) in [6, 6.07) is 11.0. The van der Waals surface area contributed by atoms with Crippen LogP contribution >= 0.6 is 38.9 Å². The van der Waals surface area contributed by atoms with Gasteiger partial charge in [-0.25, -0.2) is 4.90 Å². The molecule has 2 aliphatic rings. The van der Waals surface area contributed by atoms with Crippen molar-refractivity contribution in [2.45, 2.75) is 26.2 Å². The number of thiophene rings is 1. The molecule has 2 amide bonds. The van der Waals surface area contributed by atoms with E-state index in [0.717, 1.165) is 26.1 Å². The number of hydrogen-bond donors (Lipinski definition) is 1. The van der Waals surface area contributed by atoms with Gasteiger partial charge in [0, 0.05) is 38.8 Å². The lowest BCUT2D eigenvalue weighted by Crippen LogP contribution is -2.42. The Labute approximate surface area is 254 Å². The molecule has 7 nitrogen and oxygen atoms in total. The number of imide groups is 1. The number of ether oxygens (including phenoxy) is 1. The molecule has 4 aromatic rings. The maximum absolute atomic E-state index is 14.5. The summed E-state index contributed by atoms with van der Waals surface area (Å²) in [7, 11) is 3.21. The minimum Gasteiger partial charge on any atom is -0.504 e. The van der Waals surface area contributed by atoms with Crippen LogP contribution < -0.4 is 9.64 Å². The number of nitrogens with zero attached hydrogens (tertiary/aromatic N) is 3. The van der Waals surface area contributed by atoms with Gasteiger partial charge in [0.05, 0.1) is 23.3 Å². The molecule has 3 atom stereocenters. The number of allylic oxidation sites excluding steroid dienone is 3. The zero-order chi connectivity index (χ0) is 29.4. The van der Waals surface area contributed by atoms with E-state index < -0.39 is 17.3 Å². The van der Waals surface area contributed by atoms with E-state index in [9.17, 15) is 14.7 Å². The van der Waals surface area contributed by atoms with E-state index in [1.807, 2.05) is 38.1 Å². The third-order valence-corrected chi connectivity index (χ3v) is 10.5. The van der Waals surface area contributed by atoms with Crippen molar-refractivity contribution in [3.63, 3.8) is 0 Å². The molecule has 0 radical (unpaired) electrons. The van der Waals surface area contributed by atoms with Gasteiger partial charge in [-0.1, -0.05) is 46.3 Å². The van der Waals surface area contributed by atoms with Crippen LogP contribution in [0, 0.1) is 18.3 Å². The number of carbonyl (C=O) groups excluding carboxylic acids is 2. The number of phenolic OH excluding ortho intramolecular Hbond substituents is 1. The molecule has 0 spiro atoms. The molecule has 1 saturated heterocycles. The van der Waals surface area contributed by atoms with E-state index >= 15 is 0 Å². The number of halogens is 2. The first-order chi connectivity index (χ1) is 19.5. The van der Waals surface area contributed by atoms with E-state index in [0.29, 0.717) is 33.0 Å². The second-order valence-electron chi connectivity index (χ2n) is 10.6. The Bertz CT molecular complexity index is 1830. The molecule has 10 heteroatoms. The second-order valence-corrected chi connectivity index (χ2v) is 13.0. The van der Waals surface area contributed by atoms with Crippen LogP contribution in [0.3, 0.4) is 0 Å². The first-order valence-corrected chi connectivity index (χ1v) is 15.0. The molecule has 210 valence electrons. The van der Waals surface area contributed by atoms with Crippen LogP contribution in [0.1, 0.15) is 30.4 Å². The number of fused-ring (bicyclic) bond motifs is 2. The van der Waals surface area contributed by atoms with Gasteiger partial charge < -0.3 is 9.84 Å².